The fourth-order valence-electron chi connectivity index (χ4n) is 2.20. The number of nitrogens with one attached hydrogen (secondary N) is 2. The Morgan fingerprint density at radius 1 is 1.35 bits per heavy atom. The largest absolute Gasteiger partial charge is 0.497 e. The van der Waals surface area contributed by atoms with Crippen LogP contribution in [0.3, 0.4) is 0 Å². The van der Waals surface area contributed by atoms with Crippen molar-refractivity contribution in [2.24, 2.45) is 0 Å². The number of carbonyl (C=O) groups excluding carboxylic acids is 1. The number of hydrogen-bond acceptors (Lipinski definition) is 3. The minimum absolute atomic E-state index is 0.00161. The van der Waals surface area contributed by atoms with E-state index in [-0.39, 0.29) is 22.8 Å². The van der Waals surface area contributed by atoms with Crippen LogP contribution in [0.25, 0.3) is 0 Å². The van der Waals surface area contributed by atoms with Gasteiger partial charge in [0.2, 0.25) is 0 Å². The summed E-state index contributed by atoms with van der Waals surface area (Å²) in [5.74, 6) is -0.687. The van der Waals surface area contributed by atoms with Gasteiger partial charge in [0.1, 0.15) is 5.75 Å². The number of amides is 2. The Balaban J connectivity index is 2.11. The lowest BCUT2D eigenvalue weighted by molar-refractivity contribution is 0.0697. The number of urea groups is 1. The Kier molecular flexibility index (Phi) is 3.83. The average Bonchev–Trinajstić information content (AvgIpc) is 2.37. The normalized spacial score (nSPS) is 15.9. The maximum atomic E-state index is 11.9. The number of carboxylic acid groups (broad SMARTS) is 1. The molecule has 1 aromatic carbocycles. The van der Waals surface area contributed by atoms with E-state index in [1.165, 1.54) is 19.2 Å². The minimum atomic E-state index is -1.12. The van der Waals surface area contributed by atoms with Crippen molar-refractivity contribution in [2.45, 2.75) is 31.7 Å². The number of carbonyl (C=O) groups is 2. The molecule has 0 aliphatic heterocycles. The second-order valence-electron chi connectivity index (χ2n) is 5.21. The molecule has 0 spiro atoms. The molecule has 2 amide bonds. The Hall–Kier alpha value is -2.24. The van der Waals surface area contributed by atoms with Crippen LogP contribution in [0.15, 0.2) is 18.2 Å². The smallest absolute Gasteiger partial charge is 0.337 e. The topological polar surface area (TPSA) is 87.7 Å². The van der Waals surface area contributed by atoms with Crippen molar-refractivity contribution in [2.75, 3.05) is 12.4 Å². The Morgan fingerprint density at radius 3 is 2.55 bits per heavy atom. The van der Waals surface area contributed by atoms with Gasteiger partial charge in [-0.15, -0.1) is 0 Å². The first kappa shape index (κ1) is 14.2. The van der Waals surface area contributed by atoms with Gasteiger partial charge < -0.3 is 20.5 Å². The van der Waals surface area contributed by atoms with E-state index in [0.717, 1.165) is 19.3 Å². The van der Waals surface area contributed by atoms with Crippen LogP contribution in [-0.2, 0) is 0 Å². The highest BCUT2D eigenvalue weighted by atomic mass is 16.5. The second kappa shape index (κ2) is 5.40. The Morgan fingerprint density at radius 2 is 2.05 bits per heavy atom. The van der Waals surface area contributed by atoms with Crippen LogP contribution in [-0.4, -0.2) is 29.8 Å². The molecular weight excluding hydrogens is 260 g/mol. The standard InChI is InChI=1S/C14H18N2O4/c1-14(6-3-7-14)16-13(19)15-11-5-4-9(20-2)8-10(11)12(17)18/h4-5,8H,3,6-7H2,1-2H3,(H,17,18)(H2,15,16,19). The van der Waals surface area contributed by atoms with Crippen molar-refractivity contribution in [1.29, 1.82) is 0 Å². The van der Waals surface area contributed by atoms with Crippen LogP contribution in [0.2, 0.25) is 0 Å². The third-order valence-electron chi connectivity index (χ3n) is 3.58. The van der Waals surface area contributed by atoms with E-state index in [1.54, 1.807) is 6.07 Å². The van der Waals surface area contributed by atoms with Crippen LogP contribution in [0.4, 0.5) is 10.5 Å². The van der Waals surface area contributed by atoms with Crippen molar-refractivity contribution in [3.05, 3.63) is 23.8 Å². The number of hydrogen-bond donors (Lipinski definition) is 3. The zero-order valence-corrected chi connectivity index (χ0v) is 11.5. The molecule has 6 nitrogen and oxygen atoms in total. The van der Waals surface area contributed by atoms with Gasteiger partial charge in [-0.2, -0.15) is 0 Å². The minimum Gasteiger partial charge on any atom is -0.497 e. The van der Waals surface area contributed by atoms with E-state index in [1.807, 2.05) is 6.92 Å². The Labute approximate surface area is 117 Å². The lowest BCUT2D eigenvalue weighted by Gasteiger charge is -2.39. The molecule has 0 atom stereocenters. The zero-order chi connectivity index (χ0) is 14.8. The summed E-state index contributed by atoms with van der Waals surface area (Å²) in [7, 11) is 1.46. The van der Waals surface area contributed by atoms with Crippen LogP contribution in [0.5, 0.6) is 5.75 Å². The monoisotopic (exact) mass is 278 g/mol. The predicted octanol–water partition coefficient (Wildman–Crippen LogP) is 2.46. The van der Waals surface area contributed by atoms with Crippen molar-refractivity contribution >= 4 is 17.7 Å². The van der Waals surface area contributed by atoms with Crippen LogP contribution < -0.4 is 15.4 Å². The molecule has 20 heavy (non-hydrogen) atoms. The van der Waals surface area contributed by atoms with E-state index in [0.29, 0.717) is 5.75 Å². The first-order valence-electron chi connectivity index (χ1n) is 6.44. The average molecular weight is 278 g/mol. The molecule has 0 heterocycles. The molecule has 0 unspecified atom stereocenters. The van der Waals surface area contributed by atoms with Gasteiger partial charge >= 0.3 is 12.0 Å². The highest BCUT2D eigenvalue weighted by Crippen LogP contribution is 2.31. The van der Waals surface area contributed by atoms with Gasteiger partial charge in [-0.3, -0.25) is 0 Å². The summed E-state index contributed by atoms with van der Waals surface area (Å²) in [6, 6.07) is 4.11. The molecule has 1 aliphatic carbocycles. The maximum absolute atomic E-state index is 11.9. The fourth-order valence-corrected chi connectivity index (χ4v) is 2.20. The van der Waals surface area contributed by atoms with Crippen LogP contribution >= 0.6 is 0 Å². The molecule has 6 heteroatoms. The van der Waals surface area contributed by atoms with Gasteiger partial charge in [-0.05, 0) is 44.4 Å². The van der Waals surface area contributed by atoms with Gasteiger partial charge in [0.15, 0.2) is 0 Å². The summed E-state index contributed by atoms with van der Waals surface area (Å²) in [5.41, 5.74) is 0.0666. The molecule has 0 bridgehead atoms. The molecule has 0 radical (unpaired) electrons. The van der Waals surface area contributed by atoms with Crippen molar-refractivity contribution < 1.29 is 19.4 Å². The van der Waals surface area contributed by atoms with E-state index >= 15 is 0 Å². The number of aromatic carboxylic acids is 1. The quantitative estimate of drug-likeness (QED) is 0.789. The van der Waals surface area contributed by atoms with Crippen LogP contribution in [0, 0.1) is 0 Å². The molecule has 2 rings (SSSR count). The summed E-state index contributed by atoms with van der Waals surface area (Å²) < 4.78 is 4.98. The number of anilines is 1. The predicted molar refractivity (Wildman–Crippen MR) is 74.4 cm³/mol. The van der Waals surface area contributed by atoms with Gasteiger partial charge in [-0.25, -0.2) is 9.59 Å². The highest BCUT2D eigenvalue weighted by molar-refractivity contribution is 6.00. The summed E-state index contributed by atoms with van der Waals surface area (Å²) in [4.78, 5) is 23.1. The molecule has 0 saturated heterocycles. The zero-order valence-electron chi connectivity index (χ0n) is 11.5. The first-order chi connectivity index (χ1) is 9.43. The van der Waals surface area contributed by atoms with Crippen molar-refractivity contribution in [3.63, 3.8) is 0 Å². The second-order valence-corrected chi connectivity index (χ2v) is 5.21. The summed E-state index contributed by atoms with van der Waals surface area (Å²) in [6.07, 6.45) is 2.98. The van der Waals surface area contributed by atoms with E-state index in [9.17, 15) is 9.59 Å². The Bertz CT molecular complexity index is 538. The summed E-state index contributed by atoms with van der Waals surface area (Å²) in [5, 5.41) is 14.6. The molecule has 1 saturated carbocycles. The van der Waals surface area contributed by atoms with E-state index in [4.69, 9.17) is 9.84 Å². The molecule has 108 valence electrons. The number of carboxylic acids is 1. The maximum Gasteiger partial charge on any atom is 0.337 e. The molecule has 0 aromatic heterocycles. The van der Waals surface area contributed by atoms with Gasteiger partial charge in [0.25, 0.3) is 0 Å². The summed E-state index contributed by atoms with van der Waals surface area (Å²) in [6.45, 7) is 1.97. The third-order valence-corrected chi connectivity index (χ3v) is 3.58. The highest BCUT2D eigenvalue weighted by Gasteiger charge is 2.33. The number of methoxy groups -OCH3 is 1. The van der Waals surface area contributed by atoms with Crippen molar-refractivity contribution in [3.8, 4) is 5.75 Å². The first-order valence-corrected chi connectivity index (χ1v) is 6.44. The molecule has 1 aromatic rings. The molecule has 3 N–H and O–H groups in total. The van der Waals surface area contributed by atoms with Gasteiger partial charge in [0, 0.05) is 5.54 Å². The third kappa shape index (κ3) is 3.01. The number of ether oxygens (including phenoxy) is 1. The molecule has 1 fully saturated rings. The van der Waals surface area contributed by atoms with Gasteiger partial charge in [-0.1, -0.05) is 0 Å². The molecule has 1 aliphatic rings. The number of benzene rings is 1. The molecular formula is C14H18N2O4. The van der Waals surface area contributed by atoms with E-state index < -0.39 is 5.97 Å². The number of rotatable bonds is 4. The van der Waals surface area contributed by atoms with Crippen LogP contribution in [0.1, 0.15) is 36.5 Å². The SMILES string of the molecule is COc1ccc(NC(=O)NC2(C)CCC2)c(C(=O)O)c1. The lowest BCUT2D eigenvalue weighted by Crippen LogP contribution is -2.52. The van der Waals surface area contributed by atoms with Crippen molar-refractivity contribution in [1.82, 2.24) is 5.32 Å². The van der Waals surface area contributed by atoms with E-state index in [2.05, 4.69) is 10.6 Å². The lowest BCUT2D eigenvalue weighted by atomic mass is 9.79. The fraction of sp³-hybridized carbons (Fsp3) is 0.429. The summed E-state index contributed by atoms with van der Waals surface area (Å²) >= 11 is 0. The van der Waals surface area contributed by atoms with Gasteiger partial charge in [0.05, 0.1) is 18.4 Å².